The molecule has 0 saturated heterocycles. The molecule has 2 N–H and O–H groups in total. The summed E-state index contributed by atoms with van der Waals surface area (Å²) in [6.07, 6.45) is 7.52. The number of anilines is 1. The molecule has 108 valence electrons. The molecule has 0 amide bonds. The van der Waals surface area contributed by atoms with Gasteiger partial charge in [-0.3, -0.25) is 9.67 Å². The van der Waals surface area contributed by atoms with Crippen LogP contribution in [0.1, 0.15) is 13.3 Å². The van der Waals surface area contributed by atoms with Gasteiger partial charge in [-0.2, -0.15) is 20.1 Å². The third-order valence-electron chi connectivity index (χ3n) is 2.45. The van der Waals surface area contributed by atoms with Crippen LogP contribution in [0.4, 0.5) is 5.95 Å². The summed E-state index contributed by atoms with van der Waals surface area (Å²) in [5.41, 5.74) is 0. The predicted octanol–water partition coefficient (Wildman–Crippen LogP) is 1.15. The summed E-state index contributed by atoms with van der Waals surface area (Å²) in [5.74, 6) is 1.03. The Morgan fingerprint density at radius 2 is 2.29 bits per heavy atom. The molecule has 3 rings (SSSR count). The molecule has 0 spiro atoms. The number of nitrogens with zero attached hydrogens (tertiary/aromatic N) is 7. The van der Waals surface area contributed by atoms with E-state index < -0.39 is 0 Å². The summed E-state index contributed by atoms with van der Waals surface area (Å²) in [5, 5.41) is 10.9. The zero-order valence-electron chi connectivity index (χ0n) is 11.3. The van der Waals surface area contributed by atoms with Crippen LogP contribution < -0.4 is 5.32 Å². The molecular weight excluding hydrogens is 290 g/mol. The molecule has 0 aromatic carbocycles. The average molecular weight is 303 g/mol. The van der Waals surface area contributed by atoms with Crippen LogP contribution in [0.3, 0.4) is 0 Å². The van der Waals surface area contributed by atoms with Crippen molar-refractivity contribution in [3.05, 3.63) is 25.0 Å². The Kier molecular flexibility index (Phi) is 4.05. The second-order valence-corrected chi connectivity index (χ2v) is 4.99. The first-order valence-corrected chi connectivity index (χ1v) is 7.18. The molecule has 0 aliphatic carbocycles. The highest BCUT2D eigenvalue weighted by molar-refractivity contribution is 7.99. The molecule has 10 heteroatoms. The maximum Gasteiger partial charge on any atom is 0.240 e. The quantitative estimate of drug-likeness (QED) is 0.697. The first kappa shape index (κ1) is 13.5. The molecule has 3 heterocycles. The van der Waals surface area contributed by atoms with Gasteiger partial charge in [0.05, 0.1) is 0 Å². The summed E-state index contributed by atoms with van der Waals surface area (Å²) >= 11 is 1.29. The van der Waals surface area contributed by atoms with Crippen molar-refractivity contribution in [3.63, 3.8) is 0 Å². The molecule has 0 atom stereocenters. The fourth-order valence-corrected chi connectivity index (χ4v) is 2.16. The second-order valence-electron chi connectivity index (χ2n) is 4.03. The topological polar surface area (TPSA) is 110 Å². The maximum atomic E-state index is 4.39. The molecule has 0 fully saturated rings. The Morgan fingerprint density at radius 1 is 1.33 bits per heavy atom. The van der Waals surface area contributed by atoms with Gasteiger partial charge >= 0.3 is 0 Å². The smallest absolute Gasteiger partial charge is 0.240 e. The lowest BCUT2D eigenvalue weighted by Gasteiger charge is -2.07. The maximum absolute atomic E-state index is 4.39. The Morgan fingerprint density at radius 3 is 3.00 bits per heavy atom. The van der Waals surface area contributed by atoms with Crippen LogP contribution in [0, 0.1) is 0 Å². The molecule has 0 aliphatic rings. The van der Waals surface area contributed by atoms with E-state index in [0.29, 0.717) is 22.2 Å². The van der Waals surface area contributed by atoms with E-state index in [4.69, 9.17) is 0 Å². The van der Waals surface area contributed by atoms with Crippen molar-refractivity contribution in [1.82, 2.24) is 39.7 Å². The van der Waals surface area contributed by atoms with Crippen LogP contribution in [-0.2, 0) is 0 Å². The van der Waals surface area contributed by atoms with E-state index in [1.807, 2.05) is 0 Å². The van der Waals surface area contributed by atoms with Gasteiger partial charge in [0.15, 0.2) is 5.16 Å². The van der Waals surface area contributed by atoms with Gasteiger partial charge in [0, 0.05) is 18.9 Å². The van der Waals surface area contributed by atoms with E-state index in [1.165, 1.54) is 18.1 Å². The second kappa shape index (κ2) is 6.31. The third kappa shape index (κ3) is 3.34. The molecule has 0 bridgehead atoms. The van der Waals surface area contributed by atoms with Crippen molar-refractivity contribution in [2.75, 3.05) is 11.9 Å². The number of rotatable bonds is 6. The van der Waals surface area contributed by atoms with E-state index in [-0.39, 0.29) is 0 Å². The van der Waals surface area contributed by atoms with Crippen LogP contribution in [-0.4, -0.2) is 46.2 Å². The fourth-order valence-electron chi connectivity index (χ4n) is 1.53. The standard InChI is InChI=1S/C11H13N9S/c1-2-3-13-8-16-9(20-5-4-12-7-20)18-11(17-8)21-10-14-6-15-19-10/h4-7H,2-3H2,1H3,(H,14,15,19)(H,13,16,17,18). The van der Waals surface area contributed by atoms with Crippen LogP contribution in [0.25, 0.3) is 5.95 Å². The van der Waals surface area contributed by atoms with Crippen LogP contribution in [0.5, 0.6) is 0 Å². The zero-order chi connectivity index (χ0) is 14.5. The van der Waals surface area contributed by atoms with Gasteiger partial charge in [-0.1, -0.05) is 6.92 Å². The number of hydrogen-bond donors (Lipinski definition) is 2. The van der Waals surface area contributed by atoms with Crippen LogP contribution in [0.15, 0.2) is 35.4 Å². The van der Waals surface area contributed by atoms with Gasteiger partial charge < -0.3 is 5.32 Å². The van der Waals surface area contributed by atoms with Gasteiger partial charge in [0.1, 0.15) is 12.7 Å². The molecule has 0 unspecified atom stereocenters. The summed E-state index contributed by atoms with van der Waals surface area (Å²) in [6.45, 7) is 2.87. The van der Waals surface area contributed by atoms with Crippen molar-refractivity contribution >= 4 is 17.7 Å². The molecule has 3 aromatic rings. The minimum atomic E-state index is 0.503. The third-order valence-corrected chi connectivity index (χ3v) is 3.21. The summed E-state index contributed by atoms with van der Waals surface area (Å²) < 4.78 is 1.73. The van der Waals surface area contributed by atoms with Gasteiger partial charge in [0.25, 0.3) is 0 Å². The Hall–Kier alpha value is -2.49. The highest BCUT2D eigenvalue weighted by Gasteiger charge is 2.10. The molecule has 21 heavy (non-hydrogen) atoms. The van der Waals surface area contributed by atoms with Crippen molar-refractivity contribution in [3.8, 4) is 5.95 Å². The van der Waals surface area contributed by atoms with Crippen molar-refractivity contribution in [2.45, 2.75) is 23.7 Å². The Labute approximate surface area is 124 Å². The summed E-state index contributed by atoms with van der Waals surface area (Å²) in [4.78, 5) is 21.2. The molecule has 0 aliphatic heterocycles. The fraction of sp³-hybridized carbons (Fsp3) is 0.273. The Balaban J connectivity index is 1.92. The van der Waals surface area contributed by atoms with Gasteiger partial charge in [-0.25, -0.2) is 9.97 Å². The predicted molar refractivity (Wildman–Crippen MR) is 76.2 cm³/mol. The Bertz CT molecular complexity index is 680. The number of nitrogens with one attached hydrogen (secondary N) is 2. The first-order chi connectivity index (χ1) is 10.3. The minimum absolute atomic E-state index is 0.503. The number of imidazole rings is 1. The lowest BCUT2D eigenvalue weighted by molar-refractivity contribution is 0.813. The van der Waals surface area contributed by atoms with E-state index in [2.05, 4.69) is 47.4 Å². The monoisotopic (exact) mass is 303 g/mol. The van der Waals surface area contributed by atoms with Crippen molar-refractivity contribution < 1.29 is 0 Å². The summed E-state index contributed by atoms with van der Waals surface area (Å²) in [7, 11) is 0. The lowest BCUT2D eigenvalue weighted by Crippen LogP contribution is -2.09. The molecule has 9 nitrogen and oxygen atoms in total. The minimum Gasteiger partial charge on any atom is -0.354 e. The van der Waals surface area contributed by atoms with Crippen LogP contribution in [0.2, 0.25) is 0 Å². The molecular formula is C11H13N9S. The first-order valence-electron chi connectivity index (χ1n) is 6.36. The average Bonchev–Trinajstić information content (AvgIpc) is 3.18. The molecule has 0 radical (unpaired) electrons. The normalized spacial score (nSPS) is 10.7. The van der Waals surface area contributed by atoms with Gasteiger partial charge in [-0.05, 0) is 18.2 Å². The number of H-pyrrole nitrogens is 1. The zero-order valence-corrected chi connectivity index (χ0v) is 12.1. The summed E-state index contributed by atoms with van der Waals surface area (Å²) in [6, 6.07) is 0. The number of hydrogen-bond acceptors (Lipinski definition) is 8. The highest BCUT2D eigenvalue weighted by atomic mass is 32.2. The molecule has 0 saturated carbocycles. The van der Waals surface area contributed by atoms with Crippen molar-refractivity contribution in [1.29, 1.82) is 0 Å². The van der Waals surface area contributed by atoms with E-state index in [1.54, 1.807) is 23.3 Å². The SMILES string of the molecule is CCCNc1nc(Sc2ncn[nH]2)nc(-n2ccnc2)n1. The van der Waals surface area contributed by atoms with E-state index in [0.717, 1.165) is 13.0 Å². The highest BCUT2D eigenvalue weighted by Crippen LogP contribution is 2.21. The van der Waals surface area contributed by atoms with Gasteiger partial charge in [-0.15, -0.1) is 0 Å². The lowest BCUT2D eigenvalue weighted by atomic mass is 10.5. The largest absolute Gasteiger partial charge is 0.354 e. The number of aromatic amines is 1. The van der Waals surface area contributed by atoms with E-state index in [9.17, 15) is 0 Å². The number of aromatic nitrogens is 8. The van der Waals surface area contributed by atoms with E-state index >= 15 is 0 Å². The van der Waals surface area contributed by atoms with Gasteiger partial charge in [0.2, 0.25) is 17.1 Å². The van der Waals surface area contributed by atoms with Crippen molar-refractivity contribution in [2.24, 2.45) is 0 Å². The molecule has 3 aromatic heterocycles. The van der Waals surface area contributed by atoms with Crippen LogP contribution >= 0.6 is 11.8 Å².